The third-order valence-corrected chi connectivity index (χ3v) is 5.81. The number of aromatic nitrogens is 4. The summed E-state index contributed by atoms with van der Waals surface area (Å²) in [4.78, 5) is 8.60. The lowest BCUT2D eigenvalue weighted by atomic mass is 10.2. The largest absolute Gasteiger partial charge is 0.307 e. The second-order valence-electron chi connectivity index (χ2n) is 6.97. The summed E-state index contributed by atoms with van der Waals surface area (Å²) in [7, 11) is 0. The lowest BCUT2D eigenvalue weighted by Gasteiger charge is -1.99. The van der Waals surface area contributed by atoms with Crippen molar-refractivity contribution in [2.45, 2.75) is 37.5 Å². The predicted molar refractivity (Wildman–Crippen MR) is 107 cm³/mol. The van der Waals surface area contributed by atoms with Gasteiger partial charge in [-0.25, -0.2) is 9.97 Å². The second kappa shape index (κ2) is 6.12. The third kappa shape index (κ3) is 3.17. The van der Waals surface area contributed by atoms with E-state index < -0.39 is 0 Å². The Morgan fingerprint density at radius 1 is 0.840 bits per heavy atom. The van der Waals surface area contributed by atoms with Gasteiger partial charge in [-0.3, -0.25) is 4.40 Å². The summed E-state index contributed by atoms with van der Waals surface area (Å²) >= 11 is 2.30. The molecule has 4 aromatic heterocycles. The van der Waals surface area contributed by atoms with E-state index >= 15 is 0 Å². The quantitative estimate of drug-likeness (QED) is 0.409. The number of fused-ring (bicyclic) bond motifs is 2. The molecule has 0 spiro atoms. The zero-order chi connectivity index (χ0) is 16.8. The van der Waals surface area contributed by atoms with E-state index in [0.717, 1.165) is 23.1 Å². The maximum atomic E-state index is 4.34. The van der Waals surface area contributed by atoms with Crippen LogP contribution in [0.15, 0.2) is 55.2 Å². The van der Waals surface area contributed by atoms with Crippen LogP contribution in [0.3, 0.4) is 0 Å². The lowest BCUT2D eigenvalue weighted by molar-refractivity contribution is 1.08. The molecule has 2 fully saturated rings. The number of halogens is 1. The molecule has 0 aromatic carbocycles. The number of hydrogen-bond donors (Lipinski definition) is 0. The van der Waals surface area contributed by atoms with Gasteiger partial charge in [-0.2, -0.15) is 0 Å². The Kier molecular flexibility index (Phi) is 3.77. The summed E-state index contributed by atoms with van der Waals surface area (Å²) in [6.45, 7) is 0. The third-order valence-electron chi connectivity index (χ3n) is 5.01. The number of nitrogens with zero attached hydrogens (tertiary/aromatic N) is 4. The van der Waals surface area contributed by atoms with E-state index in [2.05, 4.69) is 73.6 Å². The molecule has 0 radical (unpaired) electrons. The molecule has 2 saturated carbocycles. The SMILES string of the molecule is Ic1cnc2cc(C3CC3)ccn12.c1cn2ccc(C3CC3)cc2n1. The van der Waals surface area contributed by atoms with Crippen molar-refractivity contribution >= 4 is 33.9 Å². The van der Waals surface area contributed by atoms with Crippen molar-refractivity contribution in [2.75, 3.05) is 0 Å². The van der Waals surface area contributed by atoms with Crippen LogP contribution < -0.4 is 0 Å². The van der Waals surface area contributed by atoms with Gasteiger partial charge in [0.2, 0.25) is 0 Å². The van der Waals surface area contributed by atoms with Crippen molar-refractivity contribution in [2.24, 2.45) is 0 Å². The molecule has 4 nitrogen and oxygen atoms in total. The Balaban J connectivity index is 0.000000112. The van der Waals surface area contributed by atoms with Gasteiger partial charge < -0.3 is 4.40 Å². The molecule has 126 valence electrons. The van der Waals surface area contributed by atoms with Crippen LogP contribution in [0.1, 0.15) is 48.6 Å². The highest BCUT2D eigenvalue weighted by atomic mass is 127. The first-order chi connectivity index (χ1) is 12.3. The van der Waals surface area contributed by atoms with E-state index in [0.29, 0.717) is 0 Å². The standard InChI is InChI=1S/C10H9IN2.C10H10N2/c11-9-6-12-10-5-8(7-1-2-7)3-4-13(9)10;1-2-8(1)9-3-5-12-6-4-11-10(12)7-9/h3-7H,1-2H2;3-8H,1-2H2. The second-order valence-corrected chi connectivity index (χ2v) is 8.08. The minimum absolute atomic E-state index is 0.819. The van der Waals surface area contributed by atoms with Gasteiger partial charge in [-0.15, -0.1) is 0 Å². The highest BCUT2D eigenvalue weighted by Crippen LogP contribution is 2.40. The van der Waals surface area contributed by atoms with Crippen LogP contribution >= 0.6 is 22.6 Å². The zero-order valence-corrected chi connectivity index (χ0v) is 16.0. The van der Waals surface area contributed by atoms with E-state index in [-0.39, 0.29) is 0 Å². The van der Waals surface area contributed by atoms with Crippen LogP contribution in [0, 0.1) is 3.70 Å². The summed E-state index contributed by atoms with van der Waals surface area (Å²) in [5, 5.41) is 0. The zero-order valence-electron chi connectivity index (χ0n) is 13.8. The molecule has 4 aromatic rings. The number of imidazole rings is 2. The van der Waals surface area contributed by atoms with Crippen LogP contribution in [-0.4, -0.2) is 18.8 Å². The summed E-state index contributed by atoms with van der Waals surface area (Å²) in [5.41, 5.74) is 5.05. The smallest absolute Gasteiger partial charge is 0.137 e. The first-order valence-corrected chi connectivity index (χ1v) is 9.91. The van der Waals surface area contributed by atoms with Crippen LogP contribution in [0.4, 0.5) is 0 Å². The summed E-state index contributed by atoms with van der Waals surface area (Å²) in [6.07, 6.45) is 15.4. The van der Waals surface area contributed by atoms with Gasteiger partial charge in [0.1, 0.15) is 15.0 Å². The lowest BCUT2D eigenvalue weighted by Crippen LogP contribution is -1.88. The van der Waals surface area contributed by atoms with Crippen LogP contribution in [0.2, 0.25) is 0 Å². The van der Waals surface area contributed by atoms with Gasteiger partial charge >= 0.3 is 0 Å². The van der Waals surface area contributed by atoms with Crippen LogP contribution in [0.5, 0.6) is 0 Å². The molecule has 0 amide bonds. The summed E-state index contributed by atoms with van der Waals surface area (Å²) in [5.74, 6) is 1.64. The Morgan fingerprint density at radius 3 is 2.24 bits per heavy atom. The molecule has 0 saturated heterocycles. The maximum Gasteiger partial charge on any atom is 0.137 e. The highest BCUT2D eigenvalue weighted by Gasteiger charge is 2.24. The highest BCUT2D eigenvalue weighted by molar-refractivity contribution is 14.1. The van der Waals surface area contributed by atoms with Gasteiger partial charge in [0.25, 0.3) is 0 Å². The van der Waals surface area contributed by atoms with Gasteiger partial charge in [0.15, 0.2) is 0 Å². The Hall–Kier alpha value is -1.89. The summed E-state index contributed by atoms with van der Waals surface area (Å²) < 4.78 is 5.34. The van der Waals surface area contributed by atoms with Gasteiger partial charge in [-0.05, 0) is 95.5 Å². The van der Waals surface area contributed by atoms with Crippen molar-refractivity contribution in [3.05, 3.63) is 70.1 Å². The van der Waals surface area contributed by atoms with E-state index in [1.54, 1.807) is 0 Å². The summed E-state index contributed by atoms with van der Waals surface area (Å²) in [6, 6.07) is 8.82. The Morgan fingerprint density at radius 2 is 1.52 bits per heavy atom. The molecule has 0 unspecified atom stereocenters. The Bertz CT molecular complexity index is 1040. The van der Waals surface area contributed by atoms with E-state index in [1.807, 2.05) is 23.0 Å². The number of rotatable bonds is 2. The molecule has 0 bridgehead atoms. The molecule has 6 rings (SSSR count). The monoisotopic (exact) mass is 442 g/mol. The molecule has 0 N–H and O–H groups in total. The van der Waals surface area contributed by atoms with Crippen molar-refractivity contribution in [3.63, 3.8) is 0 Å². The molecule has 4 heterocycles. The topological polar surface area (TPSA) is 34.6 Å². The maximum absolute atomic E-state index is 4.34. The minimum Gasteiger partial charge on any atom is -0.307 e. The van der Waals surface area contributed by atoms with Crippen LogP contribution in [0.25, 0.3) is 11.3 Å². The average Bonchev–Trinajstić information content (AvgIpc) is 3.57. The van der Waals surface area contributed by atoms with E-state index in [9.17, 15) is 0 Å². The number of hydrogen-bond acceptors (Lipinski definition) is 2. The van der Waals surface area contributed by atoms with E-state index in [1.165, 1.54) is 40.5 Å². The van der Waals surface area contributed by atoms with Gasteiger partial charge in [-0.1, -0.05) is 0 Å². The fourth-order valence-electron chi connectivity index (χ4n) is 3.23. The van der Waals surface area contributed by atoms with Crippen molar-refractivity contribution < 1.29 is 0 Å². The van der Waals surface area contributed by atoms with Crippen molar-refractivity contribution in [1.29, 1.82) is 0 Å². The van der Waals surface area contributed by atoms with Crippen molar-refractivity contribution in [3.8, 4) is 0 Å². The van der Waals surface area contributed by atoms with Gasteiger partial charge in [0.05, 0.1) is 6.20 Å². The predicted octanol–water partition coefficient (Wildman–Crippen LogP) is 5.03. The molecule has 0 aliphatic heterocycles. The first kappa shape index (κ1) is 15.4. The fourth-order valence-corrected chi connectivity index (χ4v) is 3.78. The molecule has 2 aliphatic rings. The Labute approximate surface area is 160 Å². The molecular formula is C20H19IN4. The fraction of sp³-hybridized carbons (Fsp3) is 0.300. The van der Waals surface area contributed by atoms with Crippen LogP contribution in [-0.2, 0) is 0 Å². The molecule has 25 heavy (non-hydrogen) atoms. The molecular weight excluding hydrogens is 423 g/mol. The minimum atomic E-state index is 0.819. The number of pyridine rings is 2. The molecule has 2 aliphatic carbocycles. The normalized spacial score (nSPS) is 16.8. The first-order valence-electron chi connectivity index (χ1n) is 8.83. The average molecular weight is 442 g/mol. The van der Waals surface area contributed by atoms with E-state index in [4.69, 9.17) is 0 Å². The van der Waals surface area contributed by atoms with Crippen molar-refractivity contribution in [1.82, 2.24) is 18.8 Å². The molecule has 5 heteroatoms. The molecule has 0 atom stereocenters. The van der Waals surface area contributed by atoms with Gasteiger partial charge in [0, 0.05) is 24.8 Å².